The minimum absolute atomic E-state index is 0. The van der Waals surface area contributed by atoms with Gasteiger partial charge in [-0.3, -0.25) is 0 Å². The van der Waals surface area contributed by atoms with Crippen molar-refractivity contribution < 1.29 is 25.9 Å². The van der Waals surface area contributed by atoms with Gasteiger partial charge in [0.05, 0.1) is 0 Å². The minimum Gasteiger partial charge on any atom is -0.735 e. The molecule has 0 aromatic heterocycles. The van der Waals surface area contributed by atoms with Crippen molar-refractivity contribution in [3.8, 4) is 0 Å². The zero-order valence-electron chi connectivity index (χ0n) is 7.42. The Morgan fingerprint density at radius 1 is 1.00 bits per heavy atom. The summed E-state index contributed by atoms with van der Waals surface area (Å²) in [5.74, 6) is 0. The summed E-state index contributed by atoms with van der Waals surface area (Å²) in [5, 5.41) is 0. The first-order valence-electron chi connectivity index (χ1n) is 2.39. The Bertz CT molecular complexity index is 286. The number of nitrogens with zero attached hydrogens (tertiary/aromatic N) is 1. The van der Waals surface area contributed by atoms with Crippen LogP contribution in [0.15, 0.2) is 0 Å². The van der Waals surface area contributed by atoms with Crippen LogP contribution < -0.4 is 12.3 Å². The van der Waals surface area contributed by atoms with Crippen molar-refractivity contribution in [1.29, 1.82) is 0 Å². The first-order chi connectivity index (χ1) is 4.69. The van der Waals surface area contributed by atoms with Crippen LogP contribution in [0.5, 0.6) is 0 Å². The maximum absolute atomic E-state index is 10.0. The van der Waals surface area contributed by atoms with Crippen LogP contribution in [-0.2, 0) is 20.6 Å². The van der Waals surface area contributed by atoms with E-state index in [1.54, 1.807) is 0 Å². The Hall–Kier alpha value is -0.300. The van der Waals surface area contributed by atoms with E-state index >= 15 is 0 Å². The van der Waals surface area contributed by atoms with Gasteiger partial charge in [0, 0.05) is 6.54 Å². The van der Waals surface area contributed by atoms with E-state index in [1.165, 1.54) is 0 Å². The fraction of sp³-hybridized carbons (Fsp3) is 1.00. The van der Waals surface area contributed by atoms with E-state index in [0.29, 0.717) is 0 Å². The second kappa shape index (κ2) is 5.43. The van der Waals surface area contributed by atoms with E-state index in [-0.39, 0.29) is 12.3 Å². The van der Waals surface area contributed by atoms with Gasteiger partial charge in [0.15, 0.2) is 20.6 Å². The van der Waals surface area contributed by atoms with Gasteiger partial charge < -0.3 is 21.4 Å². The largest absolute Gasteiger partial charge is 0.735 e. The van der Waals surface area contributed by atoms with Crippen molar-refractivity contribution in [2.24, 2.45) is 0 Å². The molecule has 0 aromatic carbocycles. The molecule has 0 spiro atoms. The zero-order chi connectivity index (χ0) is 9.28. The van der Waals surface area contributed by atoms with E-state index in [1.807, 2.05) is 0 Å². The highest BCUT2D eigenvalue weighted by Gasteiger charge is 2.15. The lowest BCUT2D eigenvalue weighted by Crippen LogP contribution is -2.35. The summed E-state index contributed by atoms with van der Waals surface area (Å²) in [7, 11) is -10.4. The molecule has 0 heterocycles. The average molecular weight is 239 g/mol. The molecule has 0 fully saturated rings. The van der Waals surface area contributed by atoms with Gasteiger partial charge >= 0.3 is 0 Å². The second-order valence-electron chi connectivity index (χ2n) is 1.50. The molecule has 0 aliphatic rings. The number of quaternary nitrogens is 2. The summed E-state index contributed by atoms with van der Waals surface area (Å²) >= 11 is 0. The maximum atomic E-state index is 10.0. The zero-order valence-corrected chi connectivity index (χ0v) is 9.05. The Morgan fingerprint density at radius 2 is 1.23 bits per heavy atom. The van der Waals surface area contributed by atoms with Crippen molar-refractivity contribution in [2.45, 2.75) is 6.92 Å². The molecule has 0 aliphatic carbocycles. The summed E-state index contributed by atoms with van der Waals surface area (Å²) in [6, 6.07) is 0. The summed E-state index contributed by atoms with van der Waals surface area (Å²) in [6.07, 6.45) is 0. The second-order valence-corrected chi connectivity index (χ2v) is 4.33. The molecule has 0 amide bonds. The average Bonchev–Trinajstić information content (AvgIpc) is 1.56. The third kappa shape index (κ3) is 5.87. The standard InChI is InChI=1S/C2H7NO6S2.2H3N/c1-2-3(10(4,5)6)11(7,8)9;;/h2H2,1H3,(H,4,5,6)(H,7,8,9);2*1H3. The van der Waals surface area contributed by atoms with Gasteiger partial charge in [0.1, 0.15) is 0 Å². The Morgan fingerprint density at radius 3 is 1.23 bits per heavy atom. The van der Waals surface area contributed by atoms with Crippen LogP contribution in [0.3, 0.4) is 0 Å². The molecule has 8 N–H and O–H groups in total. The molecule has 0 rings (SSSR count). The molecule has 0 atom stereocenters. The summed E-state index contributed by atoms with van der Waals surface area (Å²) in [4.78, 5) is 0. The van der Waals surface area contributed by atoms with Gasteiger partial charge in [-0.05, 0) is 0 Å². The van der Waals surface area contributed by atoms with Crippen molar-refractivity contribution in [2.75, 3.05) is 6.54 Å². The van der Waals surface area contributed by atoms with E-state index in [4.69, 9.17) is 0 Å². The van der Waals surface area contributed by atoms with E-state index in [9.17, 15) is 25.9 Å². The predicted octanol–water partition coefficient (Wildman–Crippen LogP) is -1.02. The first kappa shape index (κ1) is 18.5. The van der Waals surface area contributed by atoms with Gasteiger partial charge in [0.2, 0.25) is 0 Å². The molecule has 0 bridgehead atoms. The molecule has 0 aromatic rings. The summed E-state index contributed by atoms with van der Waals surface area (Å²) in [5.41, 5.74) is 0. The quantitative estimate of drug-likeness (QED) is 0.591. The van der Waals surface area contributed by atoms with Crippen molar-refractivity contribution in [3.05, 3.63) is 0 Å². The molecule has 9 nitrogen and oxygen atoms in total. The molecule has 0 saturated heterocycles. The van der Waals surface area contributed by atoms with Crippen LogP contribution in [0.25, 0.3) is 0 Å². The Balaban J connectivity index is -0.000000500. The highest BCUT2D eigenvalue weighted by atomic mass is 32.3. The van der Waals surface area contributed by atoms with Crippen molar-refractivity contribution >= 4 is 20.6 Å². The lowest BCUT2D eigenvalue weighted by atomic mass is 10.8. The van der Waals surface area contributed by atoms with Crippen LogP contribution in [0.2, 0.25) is 0 Å². The Kier molecular flexibility index (Phi) is 7.72. The van der Waals surface area contributed by atoms with Gasteiger partial charge in [-0.25, -0.2) is 16.8 Å². The number of rotatable bonds is 3. The fourth-order valence-electron chi connectivity index (χ4n) is 0.428. The van der Waals surface area contributed by atoms with Gasteiger partial charge in [-0.1, -0.05) is 6.92 Å². The Labute approximate surface area is 76.7 Å². The SMILES string of the molecule is CCN(S(=O)(=O)[O-])S(=O)(=O)[O-].[NH4+].[NH4+]. The third-order valence-corrected chi connectivity index (χ3v) is 3.37. The predicted molar refractivity (Wildman–Crippen MR) is 43.7 cm³/mol. The molecule has 0 aliphatic heterocycles. The van der Waals surface area contributed by atoms with E-state index in [0.717, 1.165) is 6.92 Å². The molecule has 0 saturated carbocycles. The topological polar surface area (TPSA) is 191 Å². The maximum Gasteiger partial charge on any atom is 0.174 e. The van der Waals surface area contributed by atoms with Crippen LogP contribution in [-0.4, -0.2) is 36.2 Å². The van der Waals surface area contributed by atoms with Crippen LogP contribution >= 0.6 is 0 Å². The molecular formula is C2H13N3O6S2. The third-order valence-electron chi connectivity index (χ3n) is 0.757. The molecule has 0 radical (unpaired) electrons. The monoisotopic (exact) mass is 239 g/mol. The van der Waals surface area contributed by atoms with Crippen LogP contribution in [0, 0.1) is 0 Å². The van der Waals surface area contributed by atoms with Crippen molar-refractivity contribution in [1.82, 2.24) is 16.0 Å². The molecule has 84 valence electrons. The van der Waals surface area contributed by atoms with Gasteiger partial charge in [-0.15, -0.1) is 3.71 Å². The van der Waals surface area contributed by atoms with Gasteiger partial charge in [0.25, 0.3) is 0 Å². The van der Waals surface area contributed by atoms with Gasteiger partial charge in [-0.2, -0.15) is 0 Å². The fourth-order valence-corrected chi connectivity index (χ4v) is 1.95. The highest BCUT2D eigenvalue weighted by molar-refractivity contribution is 7.98. The van der Waals surface area contributed by atoms with E-state index in [2.05, 4.69) is 0 Å². The number of hydrogen-bond donors (Lipinski definition) is 2. The smallest absolute Gasteiger partial charge is 0.174 e. The minimum atomic E-state index is -5.19. The lowest BCUT2D eigenvalue weighted by Gasteiger charge is -2.25. The van der Waals surface area contributed by atoms with Crippen LogP contribution in [0.1, 0.15) is 6.92 Å². The summed E-state index contributed by atoms with van der Waals surface area (Å²) in [6.45, 7) is 0.378. The normalized spacial score (nSPS) is 11.7. The van der Waals surface area contributed by atoms with E-state index < -0.39 is 30.9 Å². The first-order valence-corrected chi connectivity index (χ1v) is 5.12. The molecule has 11 heteroatoms. The van der Waals surface area contributed by atoms with Crippen LogP contribution in [0.4, 0.5) is 0 Å². The van der Waals surface area contributed by atoms with Crippen molar-refractivity contribution in [3.63, 3.8) is 0 Å². The number of hydrogen-bond acceptors (Lipinski definition) is 6. The summed E-state index contributed by atoms with van der Waals surface area (Å²) < 4.78 is 59.3. The highest BCUT2D eigenvalue weighted by Crippen LogP contribution is 2.01. The lowest BCUT2D eigenvalue weighted by molar-refractivity contribution is 0.373. The molecule has 13 heavy (non-hydrogen) atoms. The molecular weight excluding hydrogens is 226 g/mol. The molecule has 0 unspecified atom stereocenters.